The monoisotopic (exact) mass is 884 g/mol. The smallest absolute Gasteiger partial charge is 0.343 e. The molecule has 5 atom stereocenters. The number of para-hydroxylation sites is 1. The molecule has 6 aromatic rings. The predicted molar refractivity (Wildman–Crippen MR) is 235 cm³/mol. The summed E-state index contributed by atoms with van der Waals surface area (Å²) >= 11 is 0. The molecule has 4 aromatic carbocycles. The van der Waals surface area contributed by atoms with E-state index < -0.39 is 23.4 Å². The van der Waals surface area contributed by atoms with Crippen LogP contribution in [0.5, 0.6) is 28.7 Å². The molecule has 64 heavy (non-hydrogen) atoms. The molecule has 1 aliphatic carbocycles. The van der Waals surface area contributed by atoms with Gasteiger partial charge in [-0.15, -0.1) is 12.4 Å². The van der Waals surface area contributed by atoms with Gasteiger partial charge in [-0.05, 0) is 83.8 Å². The summed E-state index contributed by atoms with van der Waals surface area (Å²) in [6, 6.07) is 24.0. The van der Waals surface area contributed by atoms with Crippen molar-refractivity contribution in [2.75, 3.05) is 32.9 Å². The molecule has 326 valence electrons. The number of aliphatic hydroxyl groups is 1. The normalized spacial score (nSPS) is 22.1. The zero-order valence-corrected chi connectivity index (χ0v) is 35.6. The second-order valence-corrected chi connectivity index (χ2v) is 16.3. The number of phenolic OH excluding ortho intramolecular Hbond substituents is 1. The van der Waals surface area contributed by atoms with E-state index in [1.165, 1.54) is 14.2 Å². The second kappa shape index (κ2) is 15.3. The molecule has 5 aliphatic rings. The van der Waals surface area contributed by atoms with Crippen LogP contribution < -0.4 is 29.8 Å². The Bertz CT molecular complexity index is 3020. The van der Waals surface area contributed by atoms with Crippen LogP contribution in [-0.2, 0) is 37.8 Å². The fraction of sp³-hybridized carbons (Fsp3) is 0.271. The molecular formula is C48H41ClN4O11. The Morgan fingerprint density at radius 2 is 1.64 bits per heavy atom. The molecule has 0 radical (unpaired) electrons. The fourth-order valence-corrected chi connectivity index (χ4v) is 10.0. The third-order valence-electron chi connectivity index (χ3n) is 13.2. The maximum Gasteiger partial charge on any atom is 0.343 e. The van der Waals surface area contributed by atoms with Crippen LogP contribution in [0.1, 0.15) is 64.2 Å². The number of nitrogens with one attached hydrogen (secondary N) is 1. The van der Waals surface area contributed by atoms with Gasteiger partial charge in [0.1, 0.15) is 6.61 Å². The average Bonchev–Trinajstić information content (AvgIpc) is 4.03. The maximum atomic E-state index is 13.9. The van der Waals surface area contributed by atoms with Crippen LogP contribution in [0.15, 0.2) is 88.6 Å². The van der Waals surface area contributed by atoms with Gasteiger partial charge < -0.3 is 48.5 Å². The van der Waals surface area contributed by atoms with Crippen LogP contribution >= 0.6 is 12.4 Å². The summed E-state index contributed by atoms with van der Waals surface area (Å²) in [6.07, 6.45) is 1.84. The SMILES string of the molecule is CC[C@@]1(O)C(=O)OCc2c1cc1n(c2=O)Cc2c-1nc1ccccc1c2C=Nc1ccc(N[C@@H]2c3cc4c(cc3[C@@H](c3cc(OC)c(O)c(OC)c3)[C@H]3C(=O)OC[C@@H]32)OCO4)cc1.Cl. The first kappa shape index (κ1) is 40.9. The Morgan fingerprint density at radius 1 is 0.922 bits per heavy atom. The van der Waals surface area contributed by atoms with E-state index in [1.807, 2.05) is 60.7 Å². The number of carbonyl (C=O) groups excluding carboxylic acids is 2. The summed E-state index contributed by atoms with van der Waals surface area (Å²) in [7, 11) is 2.93. The molecule has 0 amide bonds. The van der Waals surface area contributed by atoms with E-state index in [0.29, 0.717) is 39.7 Å². The molecule has 0 saturated carbocycles. The molecule has 6 heterocycles. The number of nitrogens with zero attached hydrogens (tertiary/aromatic N) is 3. The highest BCUT2D eigenvalue weighted by Gasteiger charge is 2.53. The molecule has 11 rings (SSSR count). The van der Waals surface area contributed by atoms with Gasteiger partial charge in [-0.3, -0.25) is 14.6 Å². The molecule has 1 saturated heterocycles. The van der Waals surface area contributed by atoms with Crippen LogP contribution in [0.25, 0.3) is 22.3 Å². The minimum Gasteiger partial charge on any atom is -0.502 e. The van der Waals surface area contributed by atoms with Crippen molar-refractivity contribution in [1.82, 2.24) is 9.55 Å². The number of cyclic esters (lactones) is 2. The Kier molecular flexibility index (Phi) is 9.79. The first-order valence-corrected chi connectivity index (χ1v) is 20.6. The third kappa shape index (κ3) is 6.08. The minimum atomic E-state index is -1.93. The van der Waals surface area contributed by atoms with E-state index in [-0.39, 0.29) is 97.2 Å². The summed E-state index contributed by atoms with van der Waals surface area (Å²) in [5, 5.41) is 26.7. The largest absolute Gasteiger partial charge is 0.502 e. The van der Waals surface area contributed by atoms with Gasteiger partial charge in [0.25, 0.3) is 5.56 Å². The number of carbonyl (C=O) groups is 2. The predicted octanol–water partition coefficient (Wildman–Crippen LogP) is 6.79. The van der Waals surface area contributed by atoms with Gasteiger partial charge in [-0.25, -0.2) is 9.78 Å². The van der Waals surface area contributed by atoms with E-state index in [2.05, 4.69) is 5.32 Å². The Hall–Kier alpha value is -7.10. The van der Waals surface area contributed by atoms with Gasteiger partial charge in [-0.1, -0.05) is 25.1 Å². The highest BCUT2D eigenvalue weighted by atomic mass is 35.5. The molecule has 4 aliphatic heterocycles. The van der Waals surface area contributed by atoms with Crippen LogP contribution in [0.4, 0.5) is 11.4 Å². The number of esters is 2. The number of benzene rings is 4. The molecular weight excluding hydrogens is 844 g/mol. The van der Waals surface area contributed by atoms with Gasteiger partial charge in [0.2, 0.25) is 12.5 Å². The lowest BCUT2D eigenvalue weighted by Crippen LogP contribution is -2.44. The molecule has 3 N–H and O–H groups in total. The van der Waals surface area contributed by atoms with E-state index in [0.717, 1.165) is 33.3 Å². The summed E-state index contributed by atoms with van der Waals surface area (Å²) in [6.45, 7) is 1.96. The first-order chi connectivity index (χ1) is 30.6. The van der Waals surface area contributed by atoms with Crippen molar-refractivity contribution in [3.05, 3.63) is 128 Å². The highest BCUT2D eigenvalue weighted by molar-refractivity contribution is 6.03. The fourth-order valence-electron chi connectivity index (χ4n) is 10.0. The van der Waals surface area contributed by atoms with Crippen molar-refractivity contribution in [2.24, 2.45) is 16.8 Å². The first-order valence-electron chi connectivity index (χ1n) is 20.6. The van der Waals surface area contributed by atoms with Crippen LogP contribution in [0.3, 0.4) is 0 Å². The zero-order valence-electron chi connectivity index (χ0n) is 34.7. The zero-order chi connectivity index (χ0) is 43.3. The number of methoxy groups -OCH3 is 2. The third-order valence-corrected chi connectivity index (χ3v) is 13.2. The Labute approximate surface area is 371 Å². The number of fused-ring (bicyclic) bond motifs is 8. The van der Waals surface area contributed by atoms with E-state index in [1.54, 1.807) is 35.9 Å². The molecule has 0 bridgehead atoms. The molecule has 1 fully saturated rings. The number of hydrogen-bond acceptors (Lipinski definition) is 14. The Balaban J connectivity index is 0.00000484. The quantitative estimate of drug-likeness (QED) is 0.107. The van der Waals surface area contributed by atoms with E-state index in [9.17, 15) is 24.6 Å². The molecule has 0 unspecified atom stereocenters. The number of pyridine rings is 2. The van der Waals surface area contributed by atoms with Crippen molar-refractivity contribution in [3.63, 3.8) is 0 Å². The number of aliphatic imine (C=N–C) groups is 1. The van der Waals surface area contributed by atoms with Gasteiger partial charge in [-0.2, -0.15) is 0 Å². The molecule has 15 nitrogen and oxygen atoms in total. The van der Waals surface area contributed by atoms with Crippen molar-refractivity contribution < 1.29 is 48.2 Å². The van der Waals surface area contributed by atoms with Crippen molar-refractivity contribution in [1.29, 1.82) is 0 Å². The number of hydrogen-bond donors (Lipinski definition) is 3. The summed E-state index contributed by atoms with van der Waals surface area (Å²) < 4.78 is 35.3. The number of ether oxygens (including phenoxy) is 6. The van der Waals surface area contributed by atoms with Crippen molar-refractivity contribution in [2.45, 2.75) is 44.1 Å². The van der Waals surface area contributed by atoms with Gasteiger partial charge in [0, 0.05) is 45.8 Å². The standard InChI is InChI=1S/C48H40N4O11.ClH/c1-4-48(57)33-17-35-43-30(19-52(35)45(54)31(33)20-61-47(48)56)29(26-7-5-6-8-34(26)51-43)18-49-24-9-11-25(12-10-24)50-42-28-16-37-36(62-22-63-37)15-27(28)40(41-32(42)21-60-46(41)55)23-13-38(58-2)44(53)39(14-23)59-3;/h5-18,32,40-42,50,53,57H,4,19-22H2,1-3H3;1H/t32-,40+,41-,42+,48-;/m0./s1. The lowest BCUT2D eigenvalue weighted by molar-refractivity contribution is -0.172. The summed E-state index contributed by atoms with van der Waals surface area (Å²) in [5.41, 5.74) is 5.58. The van der Waals surface area contributed by atoms with Gasteiger partial charge in [0.15, 0.2) is 28.6 Å². The number of anilines is 1. The lowest BCUT2D eigenvalue weighted by Gasteiger charge is -2.40. The molecule has 0 spiro atoms. The van der Waals surface area contributed by atoms with Crippen LogP contribution in [-0.4, -0.2) is 65.5 Å². The van der Waals surface area contributed by atoms with Crippen molar-refractivity contribution >= 4 is 52.8 Å². The number of aromatic hydroxyl groups is 1. The molecule has 2 aromatic heterocycles. The summed E-state index contributed by atoms with van der Waals surface area (Å²) in [5.74, 6) is -0.978. The number of rotatable bonds is 8. The number of phenols is 1. The number of halogens is 1. The Morgan fingerprint density at radius 3 is 2.36 bits per heavy atom. The van der Waals surface area contributed by atoms with E-state index >= 15 is 0 Å². The van der Waals surface area contributed by atoms with Gasteiger partial charge in [0.05, 0.1) is 67.5 Å². The maximum absolute atomic E-state index is 13.9. The second-order valence-electron chi connectivity index (χ2n) is 16.3. The van der Waals surface area contributed by atoms with Crippen LogP contribution in [0.2, 0.25) is 0 Å². The van der Waals surface area contributed by atoms with Crippen LogP contribution in [0, 0.1) is 11.8 Å². The summed E-state index contributed by atoms with van der Waals surface area (Å²) in [4.78, 5) is 50.2. The van der Waals surface area contributed by atoms with E-state index in [4.69, 9.17) is 38.4 Å². The highest BCUT2D eigenvalue weighted by Crippen LogP contribution is 2.56. The minimum absolute atomic E-state index is 0. The average molecular weight is 885 g/mol. The lowest BCUT2D eigenvalue weighted by atomic mass is 9.65. The topological polar surface area (TPSA) is 189 Å². The van der Waals surface area contributed by atoms with Gasteiger partial charge >= 0.3 is 11.9 Å². The number of aromatic nitrogens is 2. The van der Waals surface area contributed by atoms with Crippen molar-refractivity contribution in [3.8, 4) is 40.1 Å². The molecule has 16 heteroatoms.